The molecule has 0 bridgehead atoms. The number of aromatic nitrogens is 2. The van der Waals surface area contributed by atoms with Gasteiger partial charge in [-0.15, -0.1) is 11.3 Å². The second-order valence-corrected chi connectivity index (χ2v) is 9.22. The largest absolute Gasteiger partial charge is 0.347 e. The van der Waals surface area contributed by atoms with E-state index in [1.165, 1.54) is 22.3 Å². The molecular weight excluding hydrogens is 446 g/mol. The van der Waals surface area contributed by atoms with Crippen molar-refractivity contribution in [2.45, 2.75) is 26.4 Å². The Bertz CT molecular complexity index is 1310. The van der Waals surface area contributed by atoms with Crippen LogP contribution in [-0.2, 0) is 19.5 Å². The first-order valence-electron chi connectivity index (χ1n) is 11.1. The van der Waals surface area contributed by atoms with Crippen molar-refractivity contribution >= 4 is 39.0 Å². The zero-order valence-electron chi connectivity index (χ0n) is 18.4. The van der Waals surface area contributed by atoms with E-state index in [1.807, 2.05) is 12.1 Å². The Kier molecular flexibility index (Phi) is 6.38. The smallest absolute Gasteiger partial charge is 0.225 e. The Morgan fingerprint density at radius 1 is 0.758 bits per heavy atom. The van der Waals surface area contributed by atoms with E-state index in [1.54, 1.807) is 11.3 Å². The van der Waals surface area contributed by atoms with Crippen LogP contribution in [0.25, 0.3) is 21.3 Å². The lowest BCUT2D eigenvalue weighted by molar-refractivity contribution is 0.786. The highest BCUT2D eigenvalue weighted by atomic mass is 35.5. The van der Waals surface area contributed by atoms with Crippen molar-refractivity contribution < 1.29 is 0 Å². The van der Waals surface area contributed by atoms with Crippen molar-refractivity contribution in [1.82, 2.24) is 9.97 Å². The summed E-state index contributed by atoms with van der Waals surface area (Å²) in [5, 5.41) is 3.50. The standard InChI is InChI=1S/C28H24ClN3S/c1-2-20-13-15-23(16-14-20)24-19-33-27-25(24)26(30-28(29)31-27)32(17-21-9-5-3-6-10-21)18-22-11-7-4-8-12-22/h3-16,19H,2,17-18H2,1H3. The van der Waals surface area contributed by atoms with E-state index in [4.69, 9.17) is 16.6 Å². The van der Waals surface area contributed by atoms with E-state index >= 15 is 0 Å². The predicted molar refractivity (Wildman–Crippen MR) is 140 cm³/mol. The second-order valence-electron chi connectivity index (χ2n) is 8.02. The molecule has 0 N–H and O–H groups in total. The van der Waals surface area contributed by atoms with Crippen molar-refractivity contribution in [3.63, 3.8) is 0 Å². The van der Waals surface area contributed by atoms with Crippen LogP contribution in [0.1, 0.15) is 23.6 Å². The number of aryl methyl sites for hydroxylation is 1. The monoisotopic (exact) mass is 469 g/mol. The van der Waals surface area contributed by atoms with Crippen LogP contribution in [0.4, 0.5) is 5.82 Å². The van der Waals surface area contributed by atoms with Gasteiger partial charge in [0, 0.05) is 24.0 Å². The van der Waals surface area contributed by atoms with E-state index in [2.05, 4.69) is 95.0 Å². The molecule has 3 nitrogen and oxygen atoms in total. The number of rotatable bonds is 7. The molecule has 0 spiro atoms. The first-order chi connectivity index (χ1) is 16.2. The van der Waals surface area contributed by atoms with Crippen LogP contribution in [0.2, 0.25) is 5.28 Å². The van der Waals surface area contributed by atoms with Gasteiger partial charge < -0.3 is 4.90 Å². The van der Waals surface area contributed by atoms with Gasteiger partial charge in [-0.2, -0.15) is 4.98 Å². The molecule has 2 heterocycles. The van der Waals surface area contributed by atoms with Crippen LogP contribution in [0, 0.1) is 0 Å². The Labute approximate surface area is 203 Å². The molecule has 0 aliphatic carbocycles. The molecule has 0 atom stereocenters. The number of thiophene rings is 1. The fourth-order valence-corrected chi connectivity index (χ4v) is 5.23. The molecule has 2 aromatic heterocycles. The molecule has 5 aromatic rings. The minimum absolute atomic E-state index is 0.276. The van der Waals surface area contributed by atoms with Crippen molar-refractivity contribution in [1.29, 1.82) is 0 Å². The number of hydrogen-bond donors (Lipinski definition) is 0. The Morgan fingerprint density at radius 3 is 1.94 bits per heavy atom. The summed E-state index contributed by atoms with van der Waals surface area (Å²) in [4.78, 5) is 12.5. The van der Waals surface area contributed by atoms with Gasteiger partial charge in [-0.1, -0.05) is 91.9 Å². The summed E-state index contributed by atoms with van der Waals surface area (Å²) in [6.07, 6.45) is 1.02. The van der Waals surface area contributed by atoms with Crippen LogP contribution in [-0.4, -0.2) is 9.97 Å². The van der Waals surface area contributed by atoms with E-state index in [9.17, 15) is 0 Å². The van der Waals surface area contributed by atoms with Gasteiger partial charge in [0.05, 0.1) is 5.39 Å². The summed E-state index contributed by atoms with van der Waals surface area (Å²) in [6, 6.07) is 29.7. The number of fused-ring (bicyclic) bond motifs is 1. The van der Waals surface area contributed by atoms with Crippen molar-refractivity contribution in [3.8, 4) is 11.1 Å². The number of nitrogens with zero attached hydrogens (tertiary/aromatic N) is 3. The number of halogens is 1. The van der Waals surface area contributed by atoms with Crippen molar-refractivity contribution in [2.24, 2.45) is 0 Å². The van der Waals surface area contributed by atoms with E-state index < -0.39 is 0 Å². The zero-order valence-corrected chi connectivity index (χ0v) is 20.0. The van der Waals surface area contributed by atoms with Crippen LogP contribution in [0.15, 0.2) is 90.3 Å². The normalized spacial score (nSPS) is 11.1. The third kappa shape index (κ3) is 4.77. The van der Waals surface area contributed by atoms with Gasteiger partial charge in [-0.05, 0) is 40.3 Å². The van der Waals surface area contributed by atoms with Gasteiger partial charge in [0.15, 0.2) is 0 Å². The Hall–Kier alpha value is -3.21. The summed E-state index contributed by atoms with van der Waals surface area (Å²) in [6.45, 7) is 3.62. The van der Waals surface area contributed by atoms with Gasteiger partial charge >= 0.3 is 0 Å². The van der Waals surface area contributed by atoms with Crippen LogP contribution in [0.3, 0.4) is 0 Å². The average Bonchev–Trinajstić information content (AvgIpc) is 3.28. The quantitative estimate of drug-likeness (QED) is 0.228. The maximum Gasteiger partial charge on any atom is 0.225 e. The summed E-state index contributed by atoms with van der Waals surface area (Å²) in [5.41, 5.74) is 6.09. The highest BCUT2D eigenvalue weighted by Crippen LogP contribution is 2.40. The maximum atomic E-state index is 6.43. The summed E-state index contributed by atoms with van der Waals surface area (Å²) >= 11 is 8.04. The first kappa shape index (κ1) is 21.6. The molecule has 0 saturated heterocycles. The zero-order chi connectivity index (χ0) is 22.6. The second kappa shape index (κ2) is 9.74. The van der Waals surface area contributed by atoms with Gasteiger partial charge in [0.1, 0.15) is 10.6 Å². The topological polar surface area (TPSA) is 29.0 Å². The van der Waals surface area contributed by atoms with Crippen molar-refractivity contribution in [3.05, 3.63) is 112 Å². The summed E-state index contributed by atoms with van der Waals surface area (Å²) in [5.74, 6) is 0.869. The fraction of sp³-hybridized carbons (Fsp3) is 0.143. The lowest BCUT2D eigenvalue weighted by atomic mass is 10.0. The van der Waals surface area contributed by atoms with Gasteiger partial charge in [-0.25, -0.2) is 4.98 Å². The minimum atomic E-state index is 0.276. The molecule has 0 fully saturated rings. The SMILES string of the molecule is CCc1ccc(-c2csc3nc(Cl)nc(N(Cc4ccccc4)Cc4ccccc4)c23)cc1. The van der Waals surface area contributed by atoms with Crippen LogP contribution >= 0.6 is 22.9 Å². The first-order valence-corrected chi connectivity index (χ1v) is 12.3. The molecule has 33 heavy (non-hydrogen) atoms. The van der Waals surface area contributed by atoms with Gasteiger partial charge in [-0.3, -0.25) is 0 Å². The molecule has 5 heteroatoms. The Morgan fingerprint density at radius 2 is 1.36 bits per heavy atom. The molecule has 0 radical (unpaired) electrons. The summed E-state index contributed by atoms with van der Waals surface area (Å²) < 4.78 is 0. The number of hydrogen-bond acceptors (Lipinski definition) is 4. The molecule has 0 amide bonds. The van der Waals surface area contributed by atoms with Crippen LogP contribution < -0.4 is 4.90 Å². The third-order valence-electron chi connectivity index (χ3n) is 5.79. The molecule has 164 valence electrons. The number of benzene rings is 3. The molecule has 0 unspecified atom stereocenters. The lowest BCUT2D eigenvalue weighted by Gasteiger charge is -2.25. The van der Waals surface area contributed by atoms with Crippen molar-refractivity contribution in [2.75, 3.05) is 4.90 Å². The molecule has 5 rings (SSSR count). The van der Waals surface area contributed by atoms with Crippen LogP contribution in [0.5, 0.6) is 0 Å². The molecule has 0 saturated carbocycles. The highest BCUT2D eigenvalue weighted by Gasteiger charge is 2.20. The third-order valence-corrected chi connectivity index (χ3v) is 6.83. The number of anilines is 1. The lowest BCUT2D eigenvalue weighted by Crippen LogP contribution is -2.23. The predicted octanol–water partition coefficient (Wildman–Crippen LogP) is 7.78. The average molecular weight is 470 g/mol. The highest BCUT2D eigenvalue weighted by molar-refractivity contribution is 7.17. The molecule has 3 aromatic carbocycles. The maximum absolute atomic E-state index is 6.43. The Balaban J connectivity index is 1.65. The van der Waals surface area contributed by atoms with E-state index in [0.717, 1.165) is 41.1 Å². The van der Waals surface area contributed by atoms with E-state index in [-0.39, 0.29) is 5.28 Å². The fourth-order valence-electron chi connectivity index (χ4n) is 4.07. The summed E-state index contributed by atoms with van der Waals surface area (Å²) in [7, 11) is 0. The molecule has 0 aliphatic heterocycles. The van der Waals surface area contributed by atoms with E-state index in [0.29, 0.717) is 0 Å². The minimum Gasteiger partial charge on any atom is -0.347 e. The van der Waals surface area contributed by atoms with Gasteiger partial charge in [0.25, 0.3) is 0 Å². The molecular formula is C28H24ClN3S. The molecule has 0 aliphatic rings. The van der Waals surface area contributed by atoms with Gasteiger partial charge in [0.2, 0.25) is 5.28 Å².